The van der Waals surface area contributed by atoms with Gasteiger partial charge in [-0.15, -0.1) is 0 Å². The predicted octanol–water partition coefficient (Wildman–Crippen LogP) is 4.01. The summed E-state index contributed by atoms with van der Waals surface area (Å²) in [6.45, 7) is 7.49. The number of hydrogen-bond acceptors (Lipinski definition) is 4. The Balaban J connectivity index is 1.55. The number of fused-ring (bicyclic) bond motifs is 1. The number of benzene rings is 2. The van der Waals surface area contributed by atoms with E-state index < -0.39 is 12.1 Å². The Morgan fingerprint density at radius 2 is 1.70 bits per heavy atom. The molecule has 6 heteroatoms. The lowest BCUT2D eigenvalue weighted by atomic mass is 9.87. The molecule has 30 heavy (non-hydrogen) atoms. The number of aromatic nitrogens is 1. The van der Waals surface area contributed by atoms with Crippen molar-refractivity contribution < 1.29 is 19.1 Å². The minimum Gasteiger partial charge on any atom is -0.453 e. The number of Topliss-reactive ketones (excluding diaryl/α,β-unsaturated/α-hetero) is 1. The third-order valence-corrected chi connectivity index (χ3v) is 4.94. The van der Waals surface area contributed by atoms with Crippen molar-refractivity contribution in [2.75, 3.05) is 6.54 Å². The monoisotopic (exact) mass is 406 g/mol. The smallest absolute Gasteiger partial charge is 0.326 e. The summed E-state index contributed by atoms with van der Waals surface area (Å²) in [5, 5.41) is 3.31. The number of H-pyrrole nitrogens is 1. The van der Waals surface area contributed by atoms with Crippen LogP contribution in [0.2, 0.25) is 0 Å². The molecule has 0 saturated carbocycles. The second-order valence-electron chi connectivity index (χ2n) is 8.25. The topological polar surface area (TPSA) is 88.3 Å². The molecule has 156 valence electrons. The Kier molecular flexibility index (Phi) is 6.06. The largest absolute Gasteiger partial charge is 0.453 e. The van der Waals surface area contributed by atoms with E-state index in [4.69, 9.17) is 4.74 Å². The van der Waals surface area contributed by atoms with Gasteiger partial charge in [-0.25, -0.2) is 0 Å². The first kappa shape index (κ1) is 21.3. The zero-order valence-corrected chi connectivity index (χ0v) is 17.6. The summed E-state index contributed by atoms with van der Waals surface area (Å²) in [5.41, 5.74) is 2.87. The van der Waals surface area contributed by atoms with Gasteiger partial charge in [0.15, 0.2) is 6.10 Å². The molecule has 3 aromatic rings. The van der Waals surface area contributed by atoms with E-state index in [-0.39, 0.29) is 23.7 Å². The van der Waals surface area contributed by atoms with Crippen molar-refractivity contribution in [3.63, 3.8) is 0 Å². The van der Waals surface area contributed by atoms with Crippen LogP contribution in [-0.2, 0) is 14.9 Å². The Bertz CT molecular complexity index is 1070. The summed E-state index contributed by atoms with van der Waals surface area (Å²) >= 11 is 0. The van der Waals surface area contributed by atoms with Gasteiger partial charge >= 0.3 is 5.97 Å². The number of aromatic amines is 1. The zero-order valence-electron chi connectivity index (χ0n) is 17.6. The number of ketones is 1. The minimum absolute atomic E-state index is 0.00766. The fraction of sp³-hybridized carbons (Fsp3) is 0.292. The molecule has 0 aliphatic heterocycles. The van der Waals surface area contributed by atoms with E-state index in [1.807, 2.05) is 36.4 Å². The Morgan fingerprint density at radius 1 is 1.03 bits per heavy atom. The molecule has 3 rings (SSSR count). The van der Waals surface area contributed by atoms with Gasteiger partial charge in [0.2, 0.25) is 5.78 Å². The van der Waals surface area contributed by atoms with Crippen LogP contribution in [0.3, 0.4) is 0 Å². The van der Waals surface area contributed by atoms with Crippen LogP contribution in [0.15, 0.2) is 54.7 Å². The van der Waals surface area contributed by atoms with Crippen LogP contribution < -0.4 is 5.32 Å². The van der Waals surface area contributed by atoms with Gasteiger partial charge in [-0.3, -0.25) is 14.4 Å². The van der Waals surface area contributed by atoms with E-state index in [2.05, 4.69) is 31.1 Å². The van der Waals surface area contributed by atoms with Crippen molar-refractivity contribution in [3.8, 4) is 0 Å². The lowest BCUT2D eigenvalue weighted by Gasteiger charge is -2.19. The number of hydrogen-bond donors (Lipinski definition) is 2. The number of carbonyl (C=O) groups excluding carboxylic acids is 3. The van der Waals surface area contributed by atoms with E-state index in [1.54, 1.807) is 18.3 Å². The molecule has 1 heterocycles. The normalized spacial score (nSPS) is 12.4. The third-order valence-electron chi connectivity index (χ3n) is 4.94. The van der Waals surface area contributed by atoms with Crippen LogP contribution in [0.4, 0.5) is 0 Å². The molecule has 1 aromatic heterocycles. The molecule has 0 fully saturated rings. The summed E-state index contributed by atoms with van der Waals surface area (Å²) < 4.78 is 5.22. The fourth-order valence-electron chi connectivity index (χ4n) is 3.16. The maximum absolute atomic E-state index is 12.6. The zero-order chi connectivity index (χ0) is 21.9. The number of carbonyl (C=O) groups is 3. The molecule has 1 amide bonds. The molecule has 2 N–H and O–H groups in total. The van der Waals surface area contributed by atoms with Crippen molar-refractivity contribution in [1.29, 1.82) is 0 Å². The van der Waals surface area contributed by atoms with Crippen molar-refractivity contribution >= 4 is 28.6 Å². The number of nitrogens with one attached hydrogen (secondary N) is 2. The molecule has 1 atom stereocenters. The van der Waals surface area contributed by atoms with Gasteiger partial charge in [0, 0.05) is 28.2 Å². The number of amides is 1. The number of rotatable bonds is 6. The molecule has 0 radical (unpaired) electrons. The molecular weight excluding hydrogens is 380 g/mol. The van der Waals surface area contributed by atoms with Crippen molar-refractivity contribution in [3.05, 3.63) is 71.4 Å². The molecule has 0 bridgehead atoms. The molecule has 2 aromatic carbocycles. The molecule has 6 nitrogen and oxygen atoms in total. The number of esters is 1. The first-order valence-electron chi connectivity index (χ1n) is 9.85. The molecule has 0 unspecified atom stereocenters. The summed E-state index contributed by atoms with van der Waals surface area (Å²) in [7, 11) is 0. The maximum Gasteiger partial charge on any atom is 0.326 e. The van der Waals surface area contributed by atoms with E-state index in [1.165, 1.54) is 6.92 Å². The molecule has 0 spiro atoms. The van der Waals surface area contributed by atoms with Crippen LogP contribution in [0.5, 0.6) is 0 Å². The van der Waals surface area contributed by atoms with E-state index in [9.17, 15) is 14.4 Å². The molecule has 0 saturated heterocycles. The Morgan fingerprint density at radius 3 is 2.37 bits per heavy atom. The predicted molar refractivity (Wildman–Crippen MR) is 116 cm³/mol. The fourth-order valence-corrected chi connectivity index (χ4v) is 3.16. The Hall–Kier alpha value is -3.41. The van der Waals surface area contributed by atoms with Gasteiger partial charge in [-0.05, 0) is 36.1 Å². The third kappa shape index (κ3) is 4.76. The van der Waals surface area contributed by atoms with Crippen molar-refractivity contribution in [2.45, 2.75) is 39.2 Å². The van der Waals surface area contributed by atoms with Gasteiger partial charge in [0.05, 0.1) is 0 Å². The number of ether oxygens (including phenoxy) is 1. The first-order chi connectivity index (χ1) is 14.2. The molecule has 0 aliphatic carbocycles. The van der Waals surface area contributed by atoms with E-state index in [0.717, 1.165) is 16.5 Å². The quantitative estimate of drug-likeness (QED) is 0.478. The van der Waals surface area contributed by atoms with Crippen molar-refractivity contribution in [1.82, 2.24) is 10.3 Å². The van der Waals surface area contributed by atoms with Gasteiger partial charge in [-0.1, -0.05) is 51.1 Å². The summed E-state index contributed by atoms with van der Waals surface area (Å²) in [4.78, 5) is 40.1. The van der Waals surface area contributed by atoms with Gasteiger partial charge in [-0.2, -0.15) is 0 Å². The highest BCUT2D eigenvalue weighted by Gasteiger charge is 2.22. The SMILES string of the molecule is C[C@H](OC(=O)CNC(=O)c1ccc(C(C)(C)C)cc1)C(=O)c1c[nH]c2ccccc12. The van der Waals surface area contributed by atoms with Crippen LogP contribution in [-0.4, -0.2) is 35.3 Å². The highest BCUT2D eigenvalue weighted by atomic mass is 16.5. The second kappa shape index (κ2) is 8.53. The van der Waals surface area contributed by atoms with E-state index >= 15 is 0 Å². The van der Waals surface area contributed by atoms with Crippen LogP contribution >= 0.6 is 0 Å². The average Bonchev–Trinajstić information content (AvgIpc) is 3.15. The van der Waals surface area contributed by atoms with Gasteiger partial charge in [0.1, 0.15) is 6.54 Å². The standard InChI is InChI=1S/C24H26N2O4/c1-15(22(28)19-13-25-20-8-6-5-7-18(19)20)30-21(27)14-26-23(29)16-9-11-17(12-10-16)24(2,3)4/h5-13,15,25H,14H2,1-4H3,(H,26,29)/t15-/m0/s1. The van der Waals surface area contributed by atoms with Crippen LogP contribution in [0, 0.1) is 0 Å². The Labute approximate surface area is 175 Å². The lowest BCUT2D eigenvalue weighted by molar-refractivity contribution is -0.145. The van der Waals surface area contributed by atoms with Crippen LogP contribution in [0.1, 0.15) is 54.0 Å². The maximum atomic E-state index is 12.6. The second-order valence-corrected chi connectivity index (χ2v) is 8.25. The van der Waals surface area contributed by atoms with Crippen molar-refractivity contribution in [2.24, 2.45) is 0 Å². The first-order valence-corrected chi connectivity index (χ1v) is 9.85. The highest BCUT2D eigenvalue weighted by molar-refractivity contribution is 6.10. The van der Waals surface area contributed by atoms with Crippen LogP contribution in [0.25, 0.3) is 10.9 Å². The molecule has 0 aliphatic rings. The molecular formula is C24H26N2O4. The lowest BCUT2D eigenvalue weighted by Crippen LogP contribution is -2.34. The van der Waals surface area contributed by atoms with E-state index in [0.29, 0.717) is 11.1 Å². The average molecular weight is 406 g/mol. The van der Waals surface area contributed by atoms with Gasteiger partial charge < -0.3 is 15.0 Å². The minimum atomic E-state index is -0.959. The summed E-state index contributed by atoms with van der Waals surface area (Å²) in [6, 6.07) is 14.7. The highest BCUT2D eigenvalue weighted by Crippen LogP contribution is 2.22. The van der Waals surface area contributed by atoms with Gasteiger partial charge in [0.25, 0.3) is 5.91 Å². The summed E-state index contributed by atoms with van der Waals surface area (Å²) in [5.74, 6) is -1.34. The summed E-state index contributed by atoms with van der Waals surface area (Å²) in [6.07, 6.45) is 0.653. The number of para-hydroxylation sites is 1.